The van der Waals surface area contributed by atoms with Crippen molar-refractivity contribution < 1.29 is 14.3 Å². The molecule has 0 atom stereocenters. The largest absolute Gasteiger partial charge is 0.444 e. The lowest BCUT2D eigenvalue weighted by atomic mass is 10.0. The molecule has 0 aliphatic carbocycles. The Kier molecular flexibility index (Phi) is 4.65. The minimum Gasteiger partial charge on any atom is -0.444 e. The van der Waals surface area contributed by atoms with Crippen LogP contribution in [0.15, 0.2) is 0 Å². The van der Waals surface area contributed by atoms with E-state index in [4.69, 9.17) is 4.74 Å². The van der Waals surface area contributed by atoms with E-state index in [9.17, 15) is 9.59 Å². The molecule has 2 heterocycles. The van der Waals surface area contributed by atoms with Gasteiger partial charge in [0.2, 0.25) is 0 Å². The average Bonchev–Trinajstić information content (AvgIpc) is 2.72. The van der Waals surface area contributed by atoms with Crippen LogP contribution in [0.5, 0.6) is 0 Å². The van der Waals surface area contributed by atoms with Gasteiger partial charge in [0.1, 0.15) is 5.60 Å². The first-order chi connectivity index (χ1) is 10.9. The fourth-order valence-electron chi connectivity index (χ4n) is 2.66. The van der Waals surface area contributed by atoms with Gasteiger partial charge in [-0.2, -0.15) is 5.10 Å². The highest BCUT2D eigenvalue weighted by molar-refractivity contribution is 5.94. The van der Waals surface area contributed by atoms with E-state index in [1.807, 2.05) is 48.6 Å². The van der Waals surface area contributed by atoms with Crippen LogP contribution in [-0.2, 0) is 24.8 Å². The quantitative estimate of drug-likeness (QED) is 0.853. The van der Waals surface area contributed by atoms with Gasteiger partial charge in [0.15, 0.2) is 5.69 Å². The summed E-state index contributed by atoms with van der Waals surface area (Å²) in [7, 11) is 1.83. The molecule has 2 amide bonds. The van der Waals surface area contributed by atoms with Gasteiger partial charge in [-0.15, -0.1) is 0 Å². The lowest BCUT2D eigenvalue weighted by Crippen LogP contribution is -2.42. The Morgan fingerprint density at radius 1 is 1.17 bits per heavy atom. The van der Waals surface area contributed by atoms with Crippen LogP contribution in [-0.4, -0.2) is 44.4 Å². The van der Waals surface area contributed by atoms with Crippen LogP contribution >= 0.6 is 0 Å². The van der Waals surface area contributed by atoms with Gasteiger partial charge in [-0.25, -0.2) is 4.79 Å². The highest BCUT2D eigenvalue weighted by Gasteiger charge is 2.32. The first kappa shape index (κ1) is 18.3. The molecule has 0 spiro atoms. The Morgan fingerprint density at radius 2 is 1.79 bits per heavy atom. The molecule has 0 saturated heterocycles. The van der Waals surface area contributed by atoms with Gasteiger partial charge in [0.25, 0.3) is 5.91 Å². The van der Waals surface area contributed by atoms with E-state index in [1.165, 1.54) is 0 Å². The van der Waals surface area contributed by atoms with E-state index in [2.05, 4.69) is 10.4 Å². The standard InChI is InChI=1S/C17H28N4O3/c1-16(2,3)18-14(22)13-11-10-21(15(23)24-17(4,5)6)9-8-12(11)20(7)19-13/h8-10H2,1-7H3,(H,18,22). The third kappa shape index (κ3) is 4.27. The van der Waals surface area contributed by atoms with Crippen molar-refractivity contribution in [3.63, 3.8) is 0 Å². The number of ether oxygens (including phenoxy) is 1. The van der Waals surface area contributed by atoms with E-state index >= 15 is 0 Å². The van der Waals surface area contributed by atoms with E-state index < -0.39 is 5.60 Å². The number of fused-ring (bicyclic) bond motifs is 1. The molecule has 0 fully saturated rings. The minimum absolute atomic E-state index is 0.217. The van der Waals surface area contributed by atoms with Crippen molar-refractivity contribution in [2.45, 2.75) is 65.6 Å². The lowest BCUT2D eigenvalue weighted by molar-refractivity contribution is 0.0221. The number of aryl methyl sites for hydroxylation is 1. The first-order valence-corrected chi connectivity index (χ1v) is 8.22. The summed E-state index contributed by atoms with van der Waals surface area (Å²) in [5.74, 6) is -0.217. The van der Waals surface area contributed by atoms with Crippen molar-refractivity contribution in [3.8, 4) is 0 Å². The number of nitrogens with zero attached hydrogens (tertiary/aromatic N) is 3. The Bertz CT molecular complexity index is 650. The van der Waals surface area contributed by atoms with Gasteiger partial charge in [-0.3, -0.25) is 9.48 Å². The molecule has 134 valence electrons. The van der Waals surface area contributed by atoms with Gasteiger partial charge < -0.3 is 15.0 Å². The summed E-state index contributed by atoms with van der Waals surface area (Å²) in [6.07, 6.45) is 0.292. The van der Waals surface area contributed by atoms with E-state index in [0.717, 1.165) is 11.3 Å². The van der Waals surface area contributed by atoms with Crippen LogP contribution in [0.1, 0.15) is 63.3 Å². The maximum Gasteiger partial charge on any atom is 0.410 e. The van der Waals surface area contributed by atoms with Crippen molar-refractivity contribution >= 4 is 12.0 Å². The van der Waals surface area contributed by atoms with Crippen molar-refractivity contribution in [1.82, 2.24) is 20.0 Å². The van der Waals surface area contributed by atoms with Gasteiger partial charge >= 0.3 is 6.09 Å². The Balaban J connectivity index is 2.23. The summed E-state index contributed by atoms with van der Waals surface area (Å²) in [6, 6.07) is 0. The molecule has 0 bridgehead atoms. The molecule has 0 saturated carbocycles. The normalized spacial score (nSPS) is 15.0. The van der Waals surface area contributed by atoms with Gasteiger partial charge in [0, 0.05) is 36.8 Å². The number of amides is 2. The molecular weight excluding hydrogens is 308 g/mol. The number of carbonyl (C=O) groups is 2. The third-order valence-corrected chi connectivity index (χ3v) is 3.60. The van der Waals surface area contributed by atoms with Crippen LogP contribution in [0.3, 0.4) is 0 Å². The number of hydrogen-bond donors (Lipinski definition) is 1. The highest BCUT2D eigenvalue weighted by atomic mass is 16.6. The van der Waals surface area contributed by atoms with Gasteiger partial charge in [-0.1, -0.05) is 0 Å². The number of aromatic nitrogens is 2. The summed E-state index contributed by atoms with van der Waals surface area (Å²) in [4.78, 5) is 26.5. The smallest absolute Gasteiger partial charge is 0.410 e. The van der Waals surface area contributed by atoms with Crippen LogP contribution in [0.4, 0.5) is 4.79 Å². The van der Waals surface area contributed by atoms with E-state index in [-0.39, 0.29) is 17.5 Å². The van der Waals surface area contributed by atoms with Gasteiger partial charge in [-0.05, 0) is 41.5 Å². The topological polar surface area (TPSA) is 76.5 Å². The second-order valence-electron chi connectivity index (χ2n) is 8.25. The molecule has 1 aromatic heterocycles. The lowest BCUT2D eigenvalue weighted by Gasteiger charge is -2.30. The van der Waals surface area contributed by atoms with Crippen LogP contribution < -0.4 is 5.32 Å². The monoisotopic (exact) mass is 336 g/mol. The average molecular weight is 336 g/mol. The Labute approximate surface area is 143 Å². The minimum atomic E-state index is -0.543. The molecule has 7 heteroatoms. The zero-order chi connectivity index (χ0) is 18.3. The predicted molar refractivity (Wildman–Crippen MR) is 90.8 cm³/mol. The zero-order valence-corrected chi connectivity index (χ0v) is 15.7. The Hall–Kier alpha value is -2.05. The summed E-state index contributed by atoms with van der Waals surface area (Å²) < 4.78 is 7.17. The molecule has 1 N–H and O–H groups in total. The van der Waals surface area contributed by atoms with E-state index in [0.29, 0.717) is 25.2 Å². The Morgan fingerprint density at radius 3 is 2.33 bits per heavy atom. The molecular formula is C17H28N4O3. The SMILES string of the molecule is Cn1nc(C(=O)NC(C)(C)C)c2c1CCN(C(=O)OC(C)(C)C)C2. The number of hydrogen-bond acceptors (Lipinski definition) is 4. The number of rotatable bonds is 1. The maximum atomic E-state index is 12.5. The zero-order valence-electron chi connectivity index (χ0n) is 15.7. The molecule has 1 aliphatic rings. The molecule has 1 aromatic rings. The van der Waals surface area contributed by atoms with Crippen LogP contribution in [0.25, 0.3) is 0 Å². The molecule has 24 heavy (non-hydrogen) atoms. The fraction of sp³-hybridized carbons (Fsp3) is 0.706. The highest BCUT2D eigenvalue weighted by Crippen LogP contribution is 2.24. The summed E-state index contributed by atoms with van der Waals surface area (Å²) in [5.41, 5.74) is 1.29. The van der Waals surface area contributed by atoms with Crippen molar-refractivity contribution in [2.24, 2.45) is 7.05 Å². The number of nitrogens with one attached hydrogen (secondary N) is 1. The molecule has 0 radical (unpaired) electrons. The van der Waals surface area contributed by atoms with Crippen molar-refractivity contribution in [1.29, 1.82) is 0 Å². The van der Waals surface area contributed by atoms with Gasteiger partial charge in [0.05, 0.1) is 6.54 Å². The molecule has 2 rings (SSSR count). The van der Waals surface area contributed by atoms with Crippen LogP contribution in [0.2, 0.25) is 0 Å². The molecule has 0 unspecified atom stereocenters. The summed E-state index contributed by atoms with van der Waals surface area (Å²) >= 11 is 0. The first-order valence-electron chi connectivity index (χ1n) is 8.22. The van der Waals surface area contributed by atoms with Crippen LogP contribution in [0, 0.1) is 0 Å². The van der Waals surface area contributed by atoms with Crippen molar-refractivity contribution in [2.75, 3.05) is 6.54 Å². The van der Waals surface area contributed by atoms with E-state index in [1.54, 1.807) is 9.58 Å². The van der Waals surface area contributed by atoms with Crippen molar-refractivity contribution in [3.05, 3.63) is 17.0 Å². The fourth-order valence-corrected chi connectivity index (χ4v) is 2.66. The second-order valence-corrected chi connectivity index (χ2v) is 8.25. The maximum absolute atomic E-state index is 12.5. The second kappa shape index (κ2) is 6.11. The summed E-state index contributed by atoms with van der Waals surface area (Å²) in [6.45, 7) is 12.2. The predicted octanol–water partition coefficient (Wildman–Crippen LogP) is 2.24. The summed E-state index contributed by atoms with van der Waals surface area (Å²) in [5, 5.41) is 7.30. The molecule has 1 aliphatic heterocycles. The molecule has 0 aromatic carbocycles. The number of carbonyl (C=O) groups excluding carboxylic acids is 2. The molecule has 7 nitrogen and oxygen atoms in total. The third-order valence-electron chi connectivity index (χ3n) is 3.60.